The van der Waals surface area contributed by atoms with Crippen LogP contribution in [0.5, 0.6) is 11.5 Å². The largest absolute Gasteiger partial charge is 0.457 e. The van der Waals surface area contributed by atoms with Crippen LogP contribution in [0.3, 0.4) is 0 Å². The Morgan fingerprint density at radius 1 is 1.10 bits per heavy atom. The van der Waals surface area contributed by atoms with E-state index < -0.39 is 11.4 Å². The number of piperidine rings is 1. The molecular formula is C37H42FN9O3. The first-order valence-corrected chi connectivity index (χ1v) is 17.1. The Morgan fingerprint density at radius 3 is 2.54 bits per heavy atom. The fraction of sp³-hybridized carbons (Fsp3) is 0.432. The van der Waals surface area contributed by atoms with E-state index in [1.54, 1.807) is 33.8 Å². The van der Waals surface area contributed by atoms with Crippen LogP contribution in [-0.4, -0.2) is 104 Å². The van der Waals surface area contributed by atoms with Crippen molar-refractivity contribution >= 4 is 22.8 Å². The maximum absolute atomic E-state index is 15.7. The lowest BCUT2D eigenvalue weighted by Gasteiger charge is -2.52. The minimum Gasteiger partial charge on any atom is -0.457 e. The molecule has 3 saturated heterocycles. The van der Waals surface area contributed by atoms with Gasteiger partial charge in [-0.2, -0.15) is 10.4 Å². The summed E-state index contributed by atoms with van der Waals surface area (Å²) in [5.41, 5.74) is 7.05. The van der Waals surface area contributed by atoms with E-state index in [-0.39, 0.29) is 34.4 Å². The van der Waals surface area contributed by atoms with Gasteiger partial charge in [0.05, 0.1) is 30.2 Å². The maximum atomic E-state index is 15.7. The average Bonchev–Trinajstić information content (AvgIpc) is 3.50. The van der Waals surface area contributed by atoms with E-state index in [0.717, 1.165) is 39.4 Å². The number of carbonyl (C=O) groups is 1. The molecule has 0 saturated carbocycles. The monoisotopic (exact) mass is 679 g/mol. The zero-order valence-electron chi connectivity index (χ0n) is 28.7. The van der Waals surface area contributed by atoms with Gasteiger partial charge in [-0.3, -0.25) is 14.6 Å². The first-order chi connectivity index (χ1) is 24.1. The van der Waals surface area contributed by atoms with Gasteiger partial charge in [-0.15, -0.1) is 0 Å². The van der Waals surface area contributed by atoms with Gasteiger partial charge in [-0.05, 0) is 64.0 Å². The Hall–Kier alpha value is -4.90. The number of amides is 1. The number of para-hydroxylation sites is 1. The predicted molar refractivity (Wildman–Crippen MR) is 187 cm³/mol. The summed E-state index contributed by atoms with van der Waals surface area (Å²) in [7, 11) is 0. The van der Waals surface area contributed by atoms with Gasteiger partial charge < -0.3 is 20.1 Å². The van der Waals surface area contributed by atoms with Crippen molar-refractivity contribution in [1.29, 1.82) is 5.26 Å². The highest BCUT2D eigenvalue weighted by Crippen LogP contribution is 2.37. The second-order valence-electron chi connectivity index (χ2n) is 14.1. The summed E-state index contributed by atoms with van der Waals surface area (Å²) >= 11 is 0. The third-order valence-corrected chi connectivity index (χ3v) is 10.3. The van der Waals surface area contributed by atoms with Crippen LogP contribution in [0.25, 0.3) is 22.3 Å². The molecule has 7 rings (SSSR count). The van der Waals surface area contributed by atoms with E-state index in [0.29, 0.717) is 54.2 Å². The van der Waals surface area contributed by atoms with Gasteiger partial charge in [0.1, 0.15) is 46.8 Å². The van der Waals surface area contributed by atoms with Gasteiger partial charge in [0.15, 0.2) is 5.65 Å². The first-order valence-electron chi connectivity index (χ1n) is 17.1. The molecule has 0 aliphatic carbocycles. The molecule has 2 aromatic carbocycles. The van der Waals surface area contributed by atoms with Crippen LogP contribution >= 0.6 is 0 Å². The smallest absolute Gasteiger partial charge is 0.264 e. The number of hydrogen-bond donors (Lipinski definition) is 1. The second-order valence-corrected chi connectivity index (χ2v) is 14.1. The summed E-state index contributed by atoms with van der Waals surface area (Å²) in [5, 5.41) is 15.5. The number of fused-ring (bicyclic) bond motifs is 1. The lowest BCUT2D eigenvalue weighted by atomic mass is 9.94. The summed E-state index contributed by atoms with van der Waals surface area (Å²) in [6.07, 6.45) is 4.57. The van der Waals surface area contributed by atoms with Crippen molar-refractivity contribution in [1.82, 2.24) is 34.4 Å². The van der Waals surface area contributed by atoms with Crippen LogP contribution in [0.2, 0.25) is 0 Å². The molecule has 50 heavy (non-hydrogen) atoms. The molecule has 4 aromatic rings. The molecule has 12 nitrogen and oxygen atoms in total. The van der Waals surface area contributed by atoms with Crippen LogP contribution in [0.15, 0.2) is 66.5 Å². The normalized spacial score (nSPS) is 20.3. The van der Waals surface area contributed by atoms with Crippen molar-refractivity contribution in [3.05, 3.63) is 72.3 Å². The topological polar surface area (TPSA) is 139 Å². The SMILES string of the molecule is CC(C)(C=C(C#N)C(=O)N1CCCC(n2nc(-c3ccc(Oc4ccccc4)cc3F)c3c(N)ncnc32)C1)N1CCN(C2(C)COC2)CC1. The summed E-state index contributed by atoms with van der Waals surface area (Å²) < 4.78 is 28.7. The van der Waals surface area contributed by atoms with Crippen molar-refractivity contribution in [2.24, 2.45) is 0 Å². The minimum absolute atomic E-state index is 0.0966. The molecule has 1 unspecified atom stereocenters. The van der Waals surface area contributed by atoms with E-state index in [2.05, 4.69) is 46.6 Å². The standard InChI is InChI=1S/C37H42FN9O3/c1-36(2,45-14-16-46(17-15-45)37(3)22-49-23-37)19-25(20-39)35(48)44-13-7-8-26(21-44)47-34-31(33(40)41-24-42-34)32(43-47)29-12-11-28(18-30(29)38)50-27-9-5-4-6-10-27/h4-6,9-12,18-19,24,26H,7-8,13-17,21-23H2,1-3H3,(H2,40,41,42). The number of carbonyl (C=O) groups excluding carboxylic acids is 1. The zero-order chi connectivity index (χ0) is 35.0. The molecule has 3 aliphatic heterocycles. The molecule has 5 heterocycles. The number of rotatable bonds is 8. The minimum atomic E-state index is -0.534. The fourth-order valence-electron chi connectivity index (χ4n) is 7.31. The van der Waals surface area contributed by atoms with Crippen molar-refractivity contribution in [3.63, 3.8) is 0 Å². The van der Waals surface area contributed by atoms with Gasteiger partial charge in [0.2, 0.25) is 0 Å². The quantitative estimate of drug-likeness (QED) is 0.204. The number of nitrogen functional groups attached to an aromatic ring is 1. The molecule has 0 bridgehead atoms. The number of nitrogens with two attached hydrogens (primary N) is 1. The van der Waals surface area contributed by atoms with Crippen LogP contribution in [-0.2, 0) is 9.53 Å². The molecule has 2 aromatic heterocycles. The Labute approximate surface area is 290 Å². The van der Waals surface area contributed by atoms with Gasteiger partial charge in [-0.1, -0.05) is 18.2 Å². The number of nitriles is 1. The molecule has 1 amide bonds. The number of likely N-dealkylation sites (tertiary alicyclic amines) is 1. The fourth-order valence-corrected chi connectivity index (χ4v) is 7.31. The third kappa shape index (κ3) is 6.42. The maximum Gasteiger partial charge on any atom is 0.264 e. The summed E-state index contributed by atoms with van der Waals surface area (Å²) in [5.74, 6) is 0.268. The number of anilines is 1. The highest BCUT2D eigenvalue weighted by Gasteiger charge is 2.42. The Kier molecular flexibility index (Phi) is 9.02. The summed E-state index contributed by atoms with van der Waals surface area (Å²) in [4.78, 5) is 29.1. The van der Waals surface area contributed by atoms with Gasteiger partial charge in [-0.25, -0.2) is 19.0 Å². The number of nitrogens with zero attached hydrogens (tertiary/aromatic N) is 8. The molecule has 1 atom stereocenters. The Balaban J connectivity index is 1.11. The van der Waals surface area contributed by atoms with Crippen molar-refractivity contribution in [2.75, 3.05) is 58.2 Å². The third-order valence-electron chi connectivity index (χ3n) is 10.3. The number of halogens is 1. The Morgan fingerprint density at radius 2 is 1.86 bits per heavy atom. The van der Waals surface area contributed by atoms with E-state index >= 15 is 4.39 Å². The number of benzene rings is 2. The number of aromatic nitrogens is 4. The number of ether oxygens (including phenoxy) is 2. The molecule has 0 spiro atoms. The molecule has 0 radical (unpaired) electrons. The van der Waals surface area contributed by atoms with E-state index in [1.807, 2.05) is 24.3 Å². The molecular weight excluding hydrogens is 637 g/mol. The van der Waals surface area contributed by atoms with Crippen molar-refractivity contribution in [2.45, 2.75) is 50.7 Å². The summed E-state index contributed by atoms with van der Waals surface area (Å²) in [6.45, 7) is 12.2. The Bertz CT molecular complexity index is 1960. The predicted octanol–water partition coefficient (Wildman–Crippen LogP) is 4.81. The van der Waals surface area contributed by atoms with E-state index in [4.69, 9.17) is 20.3 Å². The molecule has 3 fully saturated rings. The van der Waals surface area contributed by atoms with Gasteiger partial charge in [0, 0.05) is 56.4 Å². The zero-order valence-corrected chi connectivity index (χ0v) is 28.7. The van der Waals surface area contributed by atoms with Gasteiger partial charge in [0.25, 0.3) is 5.91 Å². The molecule has 260 valence electrons. The lowest BCUT2D eigenvalue weighted by molar-refractivity contribution is -0.142. The highest BCUT2D eigenvalue weighted by molar-refractivity contribution is 5.99. The van der Waals surface area contributed by atoms with Crippen LogP contribution < -0.4 is 10.5 Å². The second kappa shape index (κ2) is 13.4. The lowest BCUT2D eigenvalue weighted by Crippen LogP contribution is -2.66. The van der Waals surface area contributed by atoms with Crippen molar-refractivity contribution in [3.8, 4) is 28.8 Å². The first kappa shape index (κ1) is 33.6. The molecule has 2 N–H and O–H groups in total. The van der Waals surface area contributed by atoms with Gasteiger partial charge >= 0.3 is 0 Å². The van der Waals surface area contributed by atoms with Crippen LogP contribution in [0, 0.1) is 17.1 Å². The summed E-state index contributed by atoms with van der Waals surface area (Å²) in [6, 6.07) is 15.7. The highest BCUT2D eigenvalue weighted by atomic mass is 19.1. The number of hydrogen-bond acceptors (Lipinski definition) is 10. The average molecular weight is 680 g/mol. The number of piperazine rings is 1. The molecule has 3 aliphatic rings. The van der Waals surface area contributed by atoms with Crippen molar-refractivity contribution < 1.29 is 18.7 Å². The van der Waals surface area contributed by atoms with E-state index in [9.17, 15) is 10.1 Å². The van der Waals surface area contributed by atoms with Crippen LogP contribution in [0.4, 0.5) is 10.2 Å². The van der Waals surface area contributed by atoms with E-state index in [1.165, 1.54) is 12.4 Å². The van der Waals surface area contributed by atoms with Crippen LogP contribution in [0.1, 0.15) is 39.7 Å². The molecule has 13 heteroatoms.